The second kappa shape index (κ2) is 7.22. The molecule has 0 aromatic heterocycles. The van der Waals surface area contributed by atoms with E-state index in [2.05, 4.69) is 18.2 Å². The van der Waals surface area contributed by atoms with Gasteiger partial charge in [-0.1, -0.05) is 47.5 Å². The zero-order chi connectivity index (χ0) is 18.1. The molecule has 0 bridgehead atoms. The third kappa shape index (κ3) is 3.53. The number of nitrogens with two attached hydrogens (primary N) is 1. The van der Waals surface area contributed by atoms with Gasteiger partial charge < -0.3 is 10.5 Å². The molecular weight excluding hydrogens is 365 g/mol. The van der Waals surface area contributed by atoms with Crippen LogP contribution in [0.4, 0.5) is 0 Å². The Morgan fingerprint density at radius 1 is 0.923 bits per heavy atom. The van der Waals surface area contributed by atoms with Gasteiger partial charge >= 0.3 is 0 Å². The van der Waals surface area contributed by atoms with E-state index in [9.17, 15) is 0 Å². The molecule has 1 aliphatic heterocycles. The van der Waals surface area contributed by atoms with Gasteiger partial charge in [0.05, 0.1) is 0 Å². The van der Waals surface area contributed by atoms with E-state index in [0.717, 1.165) is 40.6 Å². The van der Waals surface area contributed by atoms with E-state index in [1.807, 2.05) is 42.5 Å². The van der Waals surface area contributed by atoms with Gasteiger partial charge in [-0.15, -0.1) is 0 Å². The number of halogens is 2. The van der Waals surface area contributed by atoms with Crippen LogP contribution in [0.25, 0.3) is 6.08 Å². The normalized spacial score (nSPS) is 21.2. The Balaban J connectivity index is 1.75. The largest absolute Gasteiger partial charge is 0.442 e. The highest BCUT2D eigenvalue weighted by atomic mass is 35.5. The zero-order valence-electron chi connectivity index (χ0n) is 14.2. The number of ether oxygens (including phenoxy) is 1. The molecule has 0 fully saturated rings. The molecular formula is C22H19Cl2NO. The maximum Gasteiger partial charge on any atom is 0.187 e. The summed E-state index contributed by atoms with van der Waals surface area (Å²) in [6.45, 7) is 0. The van der Waals surface area contributed by atoms with Crippen molar-refractivity contribution in [2.24, 2.45) is 5.73 Å². The van der Waals surface area contributed by atoms with E-state index in [1.54, 1.807) is 0 Å². The number of hydrogen-bond donors (Lipinski definition) is 1. The fourth-order valence-electron chi connectivity index (χ4n) is 3.61. The van der Waals surface area contributed by atoms with Crippen LogP contribution in [-0.2, 0) is 4.74 Å². The van der Waals surface area contributed by atoms with E-state index >= 15 is 0 Å². The quantitative estimate of drug-likeness (QED) is 0.648. The summed E-state index contributed by atoms with van der Waals surface area (Å²) in [5.41, 5.74) is 10.9. The SMILES string of the molecule is NC1=CC(c2ccc(Cl)cc2)C2=C(O1)/C(=C\c1ccc(Cl)cc1)CCC2. The molecule has 4 rings (SSSR count). The third-order valence-electron chi connectivity index (χ3n) is 4.84. The molecule has 2 aliphatic rings. The number of rotatable bonds is 2. The van der Waals surface area contributed by atoms with Gasteiger partial charge in [0.1, 0.15) is 5.76 Å². The van der Waals surface area contributed by atoms with Gasteiger partial charge in [-0.25, -0.2) is 0 Å². The van der Waals surface area contributed by atoms with Crippen molar-refractivity contribution < 1.29 is 4.74 Å². The molecule has 132 valence electrons. The van der Waals surface area contributed by atoms with Gasteiger partial charge in [0.2, 0.25) is 0 Å². The summed E-state index contributed by atoms with van der Waals surface area (Å²) in [7, 11) is 0. The first-order valence-corrected chi connectivity index (χ1v) is 9.46. The van der Waals surface area contributed by atoms with Crippen LogP contribution in [0.5, 0.6) is 0 Å². The molecule has 1 aliphatic carbocycles. The van der Waals surface area contributed by atoms with Crippen LogP contribution in [0, 0.1) is 0 Å². The summed E-state index contributed by atoms with van der Waals surface area (Å²) in [6, 6.07) is 15.8. The van der Waals surface area contributed by atoms with Crippen molar-refractivity contribution in [1.29, 1.82) is 0 Å². The van der Waals surface area contributed by atoms with E-state index in [4.69, 9.17) is 33.7 Å². The molecule has 0 spiro atoms. The molecule has 2 aromatic carbocycles. The minimum absolute atomic E-state index is 0.130. The van der Waals surface area contributed by atoms with Crippen LogP contribution in [0.15, 0.2) is 77.4 Å². The van der Waals surface area contributed by atoms with Crippen LogP contribution in [0.3, 0.4) is 0 Å². The standard InChI is InChI=1S/C22H19Cl2NO/c23-17-8-4-14(5-9-17)12-16-2-1-3-19-20(13-21(25)26-22(16)19)15-6-10-18(24)11-7-15/h4-13,20H,1-3,25H2/b16-12-. The minimum atomic E-state index is 0.130. The maximum absolute atomic E-state index is 6.11. The molecule has 1 heterocycles. The van der Waals surface area contributed by atoms with Crippen LogP contribution >= 0.6 is 23.2 Å². The lowest BCUT2D eigenvalue weighted by Gasteiger charge is -2.31. The minimum Gasteiger partial charge on any atom is -0.442 e. The van der Waals surface area contributed by atoms with Crippen molar-refractivity contribution in [1.82, 2.24) is 0 Å². The molecule has 0 saturated carbocycles. The van der Waals surface area contributed by atoms with Crippen LogP contribution in [0.1, 0.15) is 36.3 Å². The van der Waals surface area contributed by atoms with Crippen LogP contribution in [0.2, 0.25) is 10.0 Å². The van der Waals surface area contributed by atoms with Gasteiger partial charge in [-0.2, -0.15) is 0 Å². The topological polar surface area (TPSA) is 35.2 Å². The van der Waals surface area contributed by atoms with Gasteiger partial charge in [-0.3, -0.25) is 0 Å². The molecule has 1 unspecified atom stereocenters. The second-order valence-electron chi connectivity index (χ2n) is 6.63. The summed E-state index contributed by atoms with van der Waals surface area (Å²) < 4.78 is 5.97. The Hall–Kier alpha value is -2.16. The Bertz CT molecular complexity index is 908. The predicted octanol–water partition coefficient (Wildman–Crippen LogP) is 6.43. The zero-order valence-corrected chi connectivity index (χ0v) is 15.7. The van der Waals surface area contributed by atoms with Crippen molar-refractivity contribution >= 4 is 29.3 Å². The molecule has 1 atom stereocenters. The third-order valence-corrected chi connectivity index (χ3v) is 5.35. The summed E-state index contributed by atoms with van der Waals surface area (Å²) in [6.07, 6.45) is 7.24. The van der Waals surface area contributed by atoms with E-state index < -0.39 is 0 Å². The van der Waals surface area contributed by atoms with Crippen molar-refractivity contribution in [2.75, 3.05) is 0 Å². The van der Waals surface area contributed by atoms with Crippen molar-refractivity contribution in [3.05, 3.63) is 98.6 Å². The molecule has 2 N–H and O–H groups in total. The smallest absolute Gasteiger partial charge is 0.187 e. The first kappa shape index (κ1) is 17.3. The van der Waals surface area contributed by atoms with Crippen LogP contribution < -0.4 is 5.73 Å². The highest BCUT2D eigenvalue weighted by molar-refractivity contribution is 6.30. The monoisotopic (exact) mass is 383 g/mol. The highest BCUT2D eigenvalue weighted by Gasteiger charge is 2.29. The molecule has 0 saturated heterocycles. The molecule has 2 aromatic rings. The second-order valence-corrected chi connectivity index (χ2v) is 7.50. The van der Waals surface area contributed by atoms with Gasteiger partial charge in [0, 0.05) is 16.0 Å². The lowest BCUT2D eigenvalue weighted by Crippen LogP contribution is -2.19. The summed E-state index contributed by atoms with van der Waals surface area (Å²) in [4.78, 5) is 0. The molecule has 26 heavy (non-hydrogen) atoms. The fourth-order valence-corrected chi connectivity index (χ4v) is 3.86. The van der Waals surface area contributed by atoms with Crippen LogP contribution in [-0.4, -0.2) is 0 Å². The average Bonchev–Trinajstić information content (AvgIpc) is 2.64. The van der Waals surface area contributed by atoms with E-state index in [-0.39, 0.29) is 5.92 Å². The Kier molecular flexibility index (Phi) is 4.80. The van der Waals surface area contributed by atoms with E-state index in [1.165, 1.54) is 16.7 Å². The summed E-state index contributed by atoms with van der Waals surface area (Å²) in [5.74, 6) is 1.50. The van der Waals surface area contributed by atoms with Crippen molar-refractivity contribution in [3.8, 4) is 0 Å². The van der Waals surface area contributed by atoms with Gasteiger partial charge in [-0.05, 0) is 78.0 Å². The van der Waals surface area contributed by atoms with Gasteiger partial charge in [0.25, 0.3) is 0 Å². The Morgan fingerprint density at radius 2 is 1.58 bits per heavy atom. The van der Waals surface area contributed by atoms with Crippen molar-refractivity contribution in [2.45, 2.75) is 25.2 Å². The number of hydrogen-bond acceptors (Lipinski definition) is 2. The first-order chi connectivity index (χ1) is 12.6. The lowest BCUT2D eigenvalue weighted by molar-refractivity contribution is 0.281. The predicted molar refractivity (Wildman–Crippen MR) is 108 cm³/mol. The number of benzene rings is 2. The molecule has 4 heteroatoms. The summed E-state index contributed by atoms with van der Waals surface area (Å²) >= 11 is 12.0. The Morgan fingerprint density at radius 3 is 2.27 bits per heavy atom. The molecule has 0 amide bonds. The lowest BCUT2D eigenvalue weighted by atomic mass is 9.80. The van der Waals surface area contributed by atoms with E-state index in [0.29, 0.717) is 5.88 Å². The Labute approximate surface area is 163 Å². The molecule has 0 radical (unpaired) electrons. The number of allylic oxidation sites excluding steroid dienone is 3. The average molecular weight is 384 g/mol. The van der Waals surface area contributed by atoms with Gasteiger partial charge in [0.15, 0.2) is 5.88 Å². The maximum atomic E-state index is 6.11. The fraction of sp³-hybridized carbons (Fsp3) is 0.182. The van der Waals surface area contributed by atoms with Crippen molar-refractivity contribution in [3.63, 3.8) is 0 Å². The highest BCUT2D eigenvalue weighted by Crippen LogP contribution is 2.43. The summed E-state index contributed by atoms with van der Waals surface area (Å²) in [5, 5.41) is 1.47. The first-order valence-electron chi connectivity index (χ1n) is 8.70. The molecule has 2 nitrogen and oxygen atoms in total.